The molecule has 0 spiro atoms. The lowest BCUT2D eigenvalue weighted by atomic mass is 9.96. The Labute approximate surface area is 98.6 Å². The van der Waals surface area contributed by atoms with Gasteiger partial charge in [-0.2, -0.15) is 5.10 Å². The van der Waals surface area contributed by atoms with Crippen LogP contribution in [0.25, 0.3) is 0 Å². The molecular weight excluding hydrogens is 222 g/mol. The van der Waals surface area contributed by atoms with Crippen LogP contribution in [0.5, 0.6) is 0 Å². The third-order valence-corrected chi connectivity index (χ3v) is 3.26. The van der Waals surface area contributed by atoms with Crippen molar-refractivity contribution < 1.29 is 14.7 Å². The highest BCUT2D eigenvalue weighted by Gasteiger charge is 2.48. The van der Waals surface area contributed by atoms with Gasteiger partial charge in [-0.3, -0.25) is 9.48 Å². The van der Waals surface area contributed by atoms with E-state index < -0.39 is 17.4 Å². The topological polar surface area (TPSA) is 84.2 Å². The quantitative estimate of drug-likeness (QED) is 0.794. The fourth-order valence-corrected chi connectivity index (χ4v) is 1.89. The minimum Gasteiger partial charge on any atom is -0.480 e. The standard InChI is InChI=1S/C11H15N3O3/c1-11(10(16)17,7-3-4-7)13-9(15)8-5-6-12-14(8)2/h5-7H,3-4H2,1-2H3,(H,13,15)(H,16,17). The van der Waals surface area contributed by atoms with E-state index in [0.29, 0.717) is 5.69 Å². The minimum atomic E-state index is -1.18. The highest BCUT2D eigenvalue weighted by Crippen LogP contribution is 2.39. The monoisotopic (exact) mass is 237 g/mol. The molecule has 1 aliphatic carbocycles. The Kier molecular flexibility index (Phi) is 2.65. The predicted molar refractivity (Wildman–Crippen MR) is 59.4 cm³/mol. The molecule has 1 aromatic heterocycles. The van der Waals surface area contributed by atoms with E-state index in [1.807, 2.05) is 0 Å². The number of rotatable bonds is 4. The van der Waals surface area contributed by atoms with E-state index in [0.717, 1.165) is 12.8 Å². The first-order chi connectivity index (χ1) is 7.95. The Morgan fingerprint density at radius 3 is 2.65 bits per heavy atom. The van der Waals surface area contributed by atoms with Crippen LogP contribution in [0.4, 0.5) is 0 Å². The summed E-state index contributed by atoms with van der Waals surface area (Å²) in [4.78, 5) is 23.2. The molecule has 0 radical (unpaired) electrons. The molecule has 6 heteroatoms. The van der Waals surface area contributed by atoms with E-state index in [-0.39, 0.29) is 5.92 Å². The number of carboxylic acid groups (broad SMARTS) is 1. The van der Waals surface area contributed by atoms with Gasteiger partial charge in [-0.1, -0.05) is 0 Å². The molecule has 6 nitrogen and oxygen atoms in total. The molecule has 1 amide bonds. The van der Waals surface area contributed by atoms with E-state index in [9.17, 15) is 14.7 Å². The van der Waals surface area contributed by atoms with Gasteiger partial charge in [0.1, 0.15) is 11.2 Å². The number of hydrogen-bond acceptors (Lipinski definition) is 3. The molecular formula is C11H15N3O3. The van der Waals surface area contributed by atoms with Gasteiger partial charge in [0, 0.05) is 13.2 Å². The SMILES string of the molecule is Cn1nccc1C(=O)NC(C)(C(=O)O)C1CC1. The molecule has 2 rings (SSSR count). The number of carbonyl (C=O) groups is 2. The molecule has 92 valence electrons. The Bertz CT molecular complexity index is 464. The van der Waals surface area contributed by atoms with E-state index in [1.54, 1.807) is 20.0 Å². The maximum atomic E-state index is 11.9. The van der Waals surface area contributed by atoms with Crippen LogP contribution in [0.1, 0.15) is 30.3 Å². The number of carboxylic acids is 1. The van der Waals surface area contributed by atoms with Gasteiger partial charge in [0.2, 0.25) is 0 Å². The number of hydrogen-bond donors (Lipinski definition) is 2. The van der Waals surface area contributed by atoms with Crippen LogP contribution in [-0.2, 0) is 11.8 Å². The molecule has 0 aromatic carbocycles. The number of aryl methyl sites for hydroxylation is 1. The highest BCUT2D eigenvalue weighted by atomic mass is 16.4. The van der Waals surface area contributed by atoms with Crippen molar-refractivity contribution in [1.82, 2.24) is 15.1 Å². The summed E-state index contributed by atoms with van der Waals surface area (Å²) in [7, 11) is 1.64. The van der Waals surface area contributed by atoms with Crippen LogP contribution >= 0.6 is 0 Å². The van der Waals surface area contributed by atoms with Crippen LogP contribution in [-0.4, -0.2) is 32.3 Å². The summed E-state index contributed by atoms with van der Waals surface area (Å²) in [5, 5.41) is 15.7. The second-order valence-electron chi connectivity index (χ2n) is 4.58. The largest absolute Gasteiger partial charge is 0.480 e. The zero-order valence-electron chi connectivity index (χ0n) is 9.80. The van der Waals surface area contributed by atoms with Gasteiger partial charge in [0.15, 0.2) is 0 Å². The Hall–Kier alpha value is -1.85. The van der Waals surface area contributed by atoms with Crippen molar-refractivity contribution in [2.75, 3.05) is 0 Å². The van der Waals surface area contributed by atoms with E-state index >= 15 is 0 Å². The van der Waals surface area contributed by atoms with Crippen LogP contribution in [0, 0.1) is 5.92 Å². The van der Waals surface area contributed by atoms with Gasteiger partial charge < -0.3 is 10.4 Å². The molecule has 0 bridgehead atoms. The fraction of sp³-hybridized carbons (Fsp3) is 0.545. The van der Waals surface area contributed by atoms with Crippen molar-refractivity contribution in [3.63, 3.8) is 0 Å². The predicted octanol–water partition coefficient (Wildman–Crippen LogP) is 0.403. The van der Waals surface area contributed by atoms with Gasteiger partial charge >= 0.3 is 5.97 Å². The zero-order chi connectivity index (χ0) is 12.6. The molecule has 1 fully saturated rings. The molecule has 1 aliphatic rings. The number of nitrogens with zero attached hydrogens (tertiary/aromatic N) is 2. The van der Waals surface area contributed by atoms with Crippen molar-refractivity contribution in [2.24, 2.45) is 13.0 Å². The van der Waals surface area contributed by atoms with Crippen molar-refractivity contribution in [1.29, 1.82) is 0 Å². The van der Waals surface area contributed by atoms with E-state index in [2.05, 4.69) is 10.4 Å². The number of nitrogens with one attached hydrogen (secondary N) is 1. The molecule has 1 saturated carbocycles. The van der Waals surface area contributed by atoms with Crippen molar-refractivity contribution in [3.05, 3.63) is 18.0 Å². The second-order valence-corrected chi connectivity index (χ2v) is 4.58. The average molecular weight is 237 g/mol. The number of aliphatic carboxylic acids is 1. The summed E-state index contributed by atoms with van der Waals surface area (Å²) in [6.45, 7) is 1.56. The Morgan fingerprint density at radius 2 is 2.24 bits per heavy atom. The van der Waals surface area contributed by atoms with Gasteiger partial charge in [0.05, 0.1) is 0 Å². The van der Waals surface area contributed by atoms with Crippen LogP contribution in [0.2, 0.25) is 0 Å². The van der Waals surface area contributed by atoms with Crippen molar-refractivity contribution >= 4 is 11.9 Å². The fourth-order valence-electron chi connectivity index (χ4n) is 1.89. The zero-order valence-corrected chi connectivity index (χ0v) is 9.80. The lowest BCUT2D eigenvalue weighted by Crippen LogP contribution is -2.54. The summed E-state index contributed by atoms with van der Waals surface area (Å²) >= 11 is 0. The average Bonchev–Trinajstić information content (AvgIpc) is 3.01. The Morgan fingerprint density at radius 1 is 1.59 bits per heavy atom. The third kappa shape index (κ3) is 2.02. The van der Waals surface area contributed by atoms with E-state index in [1.165, 1.54) is 10.9 Å². The first-order valence-electron chi connectivity index (χ1n) is 5.49. The maximum Gasteiger partial charge on any atom is 0.329 e. The summed E-state index contributed by atoms with van der Waals surface area (Å²) in [5.74, 6) is -1.37. The van der Waals surface area contributed by atoms with Gasteiger partial charge in [0.25, 0.3) is 5.91 Å². The smallest absolute Gasteiger partial charge is 0.329 e. The number of aromatic nitrogens is 2. The first kappa shape index (κ1) is 11.6. The molecule has 1 atom stereocenters. The molecule has 1 aromatic rings. The Balaban J connectivity index is 2.17. The summed E-state index contributed by atoms with van der Waals surface area (Å²) in [5.41, 5.74) is -0.820. The van der Waals surface area contributed by atoms with Crippen LogP contribution in [0.15, 0.2) is 12.3 Å². The highest BCUT2D eigenvalue weighted by molar-refractivity contribution is 5.96. The maximum absolute atomic E-state index is 11.9. The van der Waals surface area contributed by atoms with Crippen LogP contribution < -0.4 is 5.32 Å². The minimum absolute atomic E-state index is 0.0252. The van der Waals surface area contributed by atoms with Crippen LogP contribution in [0.3, 0.4) is 0 Å². The molecule has 0 aliphatic heterocycles. The lowest BCUT2D eigenvalue weighted by Gasteiger charge is -2.25. The normalized spacial score (nSPS) is 18.5. The van der Waals surface area contributed by atoms with Gasteiger partial charge in [-0.15, -0.1) is 0 Å². The number of amides is 1. The molecule has 1 heterocycles. The molecule has 2 N–H and O–H groups in total. The summed E-state index contributed by atoms with van der Waals surface area (Å²) < 4.78 is 1.42. The summed E-state index contributed by atoms with van der Waals surface area (Å²) in [6.07, 6.45) is 3.19. The molecule has 17 heavy (non-hydrogen) atoms. The molecule has 0 saturated heterocycles. The van der Waals surface area contributed by atoms with Gasteiger partial charge in [-0.25, -0.2) is 4.79 Å². The van der Waals surface area contributed by atoms with Gasteiger partial charge in [-0.05, 0) is 31.7 Å². The first-order valence-corrected chi connectivity index (χ1v) is 5.49. The van der Waals surface area contributed by atoms with Crippen molar-refractivity contribution in [3.8, 4) is 0 Å². The lowest BCUT2D eigenvalue weighted by molar-refractivity contribution is -0.144. The van der Waals surface area contributed by atoms with Crippen molar-refractivity contribution in [2.45, 2.75) is 25.3 Å². The summed E-state index contributed by atoms with van der Waals surface area (Å²) in [6, 6.07) is 1.56. The molecule has 1 unspecified atom stereocenters. The number of carbonyl (C=O) groups excluding carboxylic acids is 1. The van der Waals surface area contributed by atoms with E-state index in [4.69, 9.17) is 0 Å². The second kappa shape index (κ2) is 3.87. The third-order valence-electron chi connectivity index (χ3n) is 3.26.